The third-order valence-corrected chi connectivity index (χ3v) is 4.88. The zero-order valence-electron chi connectivity index (χ0n) is 11.7. The lowest BCUT2D eigenvalue weighted by molar-refractivity contribution is -0.146. The fraction of sp³-hybridized carbons (Fsp3) is 0.667. The maximum absolute atomic E-state index is 12.6. The number of allylic oxidation sites excluding steroid dienone is 2. The number of carbonyl (C=O) groups is 3. The summed E-state index contributed by atoms with van der Waals surface area (Å²) >= 11 is 0. The van der Waals surface area contributed by atoms with Crippen LogP contribution in [0, 0.1) is 17.3 Å². The molecule has 2 aliphatic carbocycles. The Morgan fingerprint density at radius 2 is 2.00 bits per heavy atom. The van der Waals surface area contributed by atoms with E-state index in [4.69, 9.17) is 5.11 Å². The van der Waals surface area contributed by atoms with Crippen molar-refractivity contribution in [3.8, 4) is 0 Å². The Bertz CT molecular complexity index is 488. The lowest BCUT2D eigenvalue weighted by Gasteiger charge is -2.43. The van der Waals surface area contributed by atoms with Crippen molar-refractivity contribution in [3.05, 3.63) is 11.1 Å². The molecule has 0 radical (unpaired) electrons. The first-order chi connectivity index (χ1) is 8.78. The number of fused-ring (bicyclic) bond motifs is 1. The number of aliphatic carboxylic acids is 1. The van der Waals surface area contributed by atoms with E-state index in [0.29, 0.717) is 30.4 Å². The molecule has 1 N–H and O–H groups in total. The lowest BCUT2D eigenvalue weighted by atomic mass is 9.59. The first kappa shape index (κ1) is 14.0. The lowest BCUT2D eigenvalue weighted by Crippen LogP contribution is -2.42. The van der Waals surface area contributed by atoms with Crippen molar-refractivity contribution in [1.29, 1.82) is 0 Å². The molecule has 3 atom stereocenters. The molecule has 0 spiro atoms. The molecule has 0 saturated heterocycles. The van der Waals surface area contributed by atoms with Crippen LogP contribution in [0.5, 0.6) is 0 Å². The largest absolute Gasteiger partial charge is 0.481 e. The molecule has 19 heavy (non-hydrogen) atoms. The number of hydrogen-bond donors (Lipinski definition) is 1. The summed E-state index contributed by atoms with van der Waals surface area (Å²) in [7, 11) is 0. The van der Waals surface area contributed by atoms with Crippen LogP contribution in [0.3, 0.4) is 0 Å². The third kappa shape index (κ3) is 2.13. The van der Waals surface area contributed by atoms with Gasteiger partial charge in [0.2, 0.25) is 0 Å². The molecule has 104 valence electrons. The van der Waals surface area contributed by atoms with Crippen molar-refractivity contribution in [3.63, 3.8) is 0 Å². The van der Waals surface area contributed by atoms with E-state index in [2.05, 4.69) is 0 Å². The van der Waals surface area contributed by atoms with Crippen molar-refractivity contribution in [1.82, 2.24) is 0 Å². The highest BCUT2D eigenvalue weighted by Gasteiger charge is 2.47. The van der Waals surface area contributed by atoms with Gasteiger partial charge >= 0.3 is 5.97 Å². The Hall–Kier alpha value is -1.45. The molecule has 0 bridgehead atoms. The smallest absolute Gasteiger partial charge is 0.306 e. The van der Waals surface area contributed by atoms with Crippen molar-refractivity contribution in [2.45, 2.75) is 46.5 Å². The number of carboxylic acid groups (broad SMARTS) is 1. The fourth-order valence-corrected chi connectivity index (χ4v) is 3.47. The first-order valence-electron chi connectivity index (χ1n) is 6.79. The van der Waals surface area contributed by atoms with Gasteiger partial charge < -0.3 is 5.11 Å². The Labute approximate surface area is 112 Å². The summed E-state index contributed by atoms with van der Waals surface area (Å²) in [4.78, 5) is 35.5. The Morgan fingerprint density at radius 3 is 2.58 bits per heavy atom. The van der Waals surface area contributed by atoms with E-state index >= 15 is 0 Å². The second-order valence-corrected chi connectivity index (χ2v) is 6.12. The SMILES string of the molecule is CC1=C2C(=O)C(C(C)C(=O)O)CC[C@@]2(C)CCC1=O. The highest BCUT2D eigenvalue weighted by atomic mass is 16.4. The van der Waals surface area contributed by atoms with E-state index < -0.39 is 17.8 Å². The second kappa shape index (κ2) is 4.58. The number of rotatable bonds is 2. The molecular weight excluding hydrogens is 244 g/mol. The van der Waals surface area contributed by atoms with Gasteiger partial charge in [0.05, 0.1) is 5.92 Å². The van der Waals surface area contributed by atoms with E-state index in [-0.39, 0.29) is 17.0 Å². The first-order valence-corrected chi connectivity index (χ1v) is 6.79. The molecule has 0 aliphatic heterocycles. The van der Waals surface area contributed by atoms with Crippen molar-refractivity contribution < 1.29 is 19.5 Å². The van der Waals surface area contributed by atoms with Crippen LogP contribution < -0.4 is 0 Å². The molecular formula is C15H20O4. The van der Waals surface area contributed by atoms with E-state index in [1.54, 1.807) is 13.8 Å². The summed E-state index contributed by atoms with van der Waals surface area (Å²) in [6.07, 6.45) is 2.60. The molecule has 2 aliphatic rings. The van der Waals surface area contributed by atoms with Crippen molar-refractivity contribution in [2.24, 2.45) is 17.3 Å². The van der Waals surface area contributed by atoms with Gasteiger partial charge in [0, 0.05) is 17.9 Å². The number of Topliss-reactive ketones (excluding diaryl/α,β-unsaturated/α-hetero) is 2. The number of hydrogen-bond acceptors (Lipinski definition) is 3. The number of carboxylic acids is 1. The zero-order chi connectivity index (χ0) is 14.4. The van der Waals surface area contributed by atoms with Crippen molar-refractivity contribution in [2.75, 3.05) is 0 Å². The highest BCUT2D eigenvalue weighted by molar-refractivity contribution is 6.10. The van der Waals surface area contributed by atoms with Crippen LogP contribution in [0.4, 0.5) is 0 Å². The molecule has 2 unspecified atom stereocenters. The topological polar surface area (TPSA) is 71.4 Å². The Morgan fingerprint density at radius 1 is 1.37 bits per heavy atom. The van der Waals surface area contributed by atoms with E-state index in [9.17, 15) is 14.4 Å². The normalized spacial score (nSPS) is 33.1. The summed E-state index contributed by atoms with van der Waals surface area (Å²) in [5.41, 5.74) is 0.929. The average molecular weight is 264 g/mol. The molecule has 0 aromatic heterocycles. The maximum Gasteiger partial charge on any atom is 0.306 e. The molecule has 0 heterocycles. The summed E-state index contributed by atoms with van der Waals surface area (Å²) in [5.74, 6) is -2.20. The minimum atomic E-state index is -0.942. The number of ketones is 2. The quantitative estimate of drug-likeness (QED) is 0.831. The van der Waals surface area contributed by atoms with Crippen LogP contribution in [0.25, 0.3) is 0 Å². The van der Waals surface area contributed by atoms with Gasteiger partial charge in [-0.25, -0.2) is 0 Å². The van der Waals surface area contributed by atoms with E-state index in [1.807, 2.05) is 6.92 Å². The van der Waals surface area contributed by atoms with Gasteiger partial charge in [-0.2, -0.15) is 0 Å². The van der Waals surface area contributed by atoms with Crippen LogP contribution in [0.1, 0.15) is 46.5 Å². The van der Waals surface area contributed by atoms with Gasteiger partial charge in [-0.15, -0.1) is 0 Å². The van der Waals surface area contributed by atoms with Gasteiger partial charge in [-0.1, -0.05) is 13.8 Å². The molecule has 2 rings (SSSR count). The highest BCUT2D eigenvalue weighted by Crippen LogP contribution is 2.49. The van der Waals surface area contributed by atoms with Crippen LogP contribution in [-0.4, -0.2) is 22.6 Å². The standard InChI is InChI=1S/C15H20O4/c1-8(14(18)19)10-4-6-15(3)7-5-11(16)9(2)12(15)13(10)17/h8,10H,4-7H2,1-3H3,(H,18,19)/t8?,10?,15-/m0/s1. The van der Waals surface area contributed by atoms with Gasteiger partial charge in [0.15, 0.2) is 11.6 Å². The molecule has 0 aromatic carbocycles. The third-order valence-electron chi connectivity index (χ3n) is 4.88. The monoisotopic (exact) mass is 264 g/mol. The Kier molecular flexibility index (Phi) is 3.37. The van der Waals surface area contributed by atoms with Crippen LogP contribution in [-0.2, 0) is 14.4 Å². The summed E-state index contributed by atoms with van der Waals surface area (Å²) in [6, 6.07) is 0. The van der Waals surface area contributed by atoms with Gasteiger partial charge in [0.1, 0.15) is 0 Å². The second-order valence-electron chi connectivity index (χ2n) is 6.12. The zero-order valence-corrected chi connectivity index (χ0v) is 11.7. The average Bonchev–Trinajstić information content (AvgIpc) is 2.34. The Balaban J connectivity index is 2.42. The van der Waals surface area contributed by atoms with Crippen molar-refractivity contribution >= 4 is 17.5 Å². The van der Waals surface area contributed by atoms with Gasteiger partial charge in [-0.3, -0.25) is 14.4 Å². The van der Waals surface area contributed by atoms with Crippen LogP contribution in [0.2, 0.25) is 0 Å². The summed E-state index contributed by atoms with van der Waals surface area (Å²) in [6.45, 7) is 5.31. The molecule has 1 fully saturated rings. The molecule has 4 nitrogen and oxygen atoms in total. The minimum Gasteiger partial charge on any atom is -0.481 e. The van der Waals surface area contributed by atoms with Gasteiger partial charge in [0.25, 0.3) is 0 Å². The van der Waals surface area contributed by atoms with Crippen LogP contribution >= 0.6 is 0 Å². The maximum atomic E-state index is 12.6. The molecule has 1 saturated carbocycles. The van der Waals surface area contributed by atoms with Crippen LogP contribution in [0.15, 0.2) is 11.1 Å². The fourth-order valence-electron chi connectivity index (χ4n) is 3.47. The summed E-state index contributed by atoms with van der Waals surface area (Å²) < 4.78 is 0. The predicted octanol–water partition coefficient (Wildman–Crippen LogP) is 2.37. The molecule has 4 heteroatoms. The number of carbonyl (C=O) groups excluding carboxylic acids is 2. The predicted molar refractivity (Wildman–Crippen MR) is 69.6 cm³/mol. The van der Waals surface area contributed by atoms with Gasteiger partial charge in [-0.05, 0) is 37.2 Å². The molecule has 0 aromatic rings. The molecule has 0 amide bonds. The summed E-state index contributed by atoms with van der Waals surface area (Å²) in [5, 5.41) is 9.09. The minimum absolute atomic E-state index is 0.0319. The van der Waals surface area contributed by atoms with E-state index in [0.717, 1.165) is 6.42 Å². The van der Waals surface area contributed by atoms with E-state index in [1.165, 1.54) is 0 Å².